The van der Waals surface area contributed by atoms with Crippen molar-refractivity contribution in [3.63, 3.8) is 0 Å². The van der Waals surface area contributed by atoms with E-state index < -0.39 is 0 Å². The molecule has 2 aliphatic heterocycles. The molecule has 0 bridgehead atoms. The van der Waals surface area contributed by atoms with Crippen molar-refractivity contribution < 1.29 is 0 Å². The number of hydrogen-bond donors (Lipinski definition) is 0. The lowest BCUT2D eigenvalue weighted by atomic mass is 9.40. The van der Waals surface area contributed by atoms with E-state index in [0.29, 0.717) is 0 Å². The van der Waals surface area contributed by atoms with Gasteiger partial charge in [-0.1, -0.05) is 123 Å². The summed E-state index contributed by atoms with van der Waals surface area (Å²) in [5, 5.41) is 0. The number of allylic oxidation sites excluding steroid dienone is 2. The molecule has 2 aliphatic rings. The molecule has 0 radical (unpaired) electrons. The first-order chi connectivity index (χ1) is 16.9. The lowest BCUT2D eigenvalue weighted by Gasteiger charge is -2.42. The van der Waals surface area contributed by atoms with Crippen molar-refractivity contribution in [1.29, 1.82) is 0 Å². The fourth-order valence-electron chi connectivity index (χ4n) is 5.61. The lowest BCUT2D eigenvalue weighted by Crippen LogP contribution is -2.55. The minimum absolute atomic E-state index is 0.209. The molecule has 0 saturated carbocycles. The summed E-state index contributed by atoms with van der Waals surface area (Å²) in [6.07, 6.45) is 4.81. The number of nitrogens with zero attached hydrogens (tertiary/aromatic N) is 1. The molecule has 2 heterocycles. The maximum absolute atomic E-state index is 2.65. The topological polar surface area (TPSA) is 3.24 Å². The van der Waals surface area contributed by atoms with E-state index in [1.54, 1.807) is 0 Å². The van der Waals surface area contributed by atoms with Gasteiger partial charge in [-0.3, -0.25) is 0 Å². The SMILES string of the molecule is CCCCN1B2C(=Cc3ccccc31)C(c1ccccc1)=C(c1ccccc1)c1ccccc12. The number of para-hydroxylation sites is 1. The second-order valence-corrected chi connectivity index (χ2v) is 9.18. The molecule has 0 unspecified atom stereocenters. The van der Waals surface area contributed by atoms with Crippen LogP contribution in [0.25, 0.3) is 17.2 Å². The zero-order valence-electron chi connectivity index (χ0n) is 19.6. The van der Waals surface area contributed by atoms with Crippen LogP contribution >= 0.6 is 0 Å². The smallest absolute Gasteiger partial charge is 0.324 e. The van der Waals surface area contributed by atoms with E-state index in [4.69, 9.17) is 0 Å². The van der Waals surface area contributed by atoms with Crippen molar-refractivity contribution in [3.8, 4) is 0 Å². The van der Waals surface area contributed by atoms with Crippen LogP contribution in [0.5, 0.6) is 0 Å². The second-order valence-electron chi connectivity index (χ2n) is 9.18. The molecule has 0 N–H and O–H groups in total. The Hall–Kier alpha value is -3.78. The van der Waals surface area contributed by atoms with Crippen LogP contribution in [0, 0.1) is 0 Å². The van der Waals surface area contributed by atoms with Gasteiger partial charge in [0.1, 0.15) is 0 Å². The van der Waals surface area contributed by atoms with Gasteiger partial charge in [0.25, 0.3) is 0 Å². The largest absolute Gasteiger partial charge is 0.406 e. The summed E-state index contributed by atoms with van der Waals surface area (Å²) in [6, 6.07) is 39.8. The molecule has 4 aromatic rings. The van der Waals surface area contributed by atoms with E-state index in [2.05, 4.69) is 127 Å². The molecular formula is C32H28BN. The van der Waals surface area contributed by atoms with Gasteiger partial charge in [0.2, 0.25) is 0 Å². The van der Waals surface area contributed by atoms with Crippen LogP contribution < -0.4 is 10.3 Å². The Bertz CT molecular complexity index is 1380. The molecule has 4 aromatic carbocycles. The van der Waals surface area contributed by atoms with Crippen molar-refractivity contribution in [2.75, 3.05) is 11.4 Å². The van der Waals surface area contributed by atoms with Crippen LogP contribution in [0.1, 0.15) is 42.0 Å². The maximum Gasteiger partial charge on any atom is 0.324 e. The zero-order valence-corrected chi connectivity index (χ0v) is 19.6. The van der Waals surface area contributed by atoms with Crippen LogP contribution in [0.15, 0.2) is 115 Å². The molecule has 0 saturated heterocycles. The van der Waals surface area contributed by atoms with Crippen molar-refractivity contribution in [2.24, 2.45) is 0 Å². The highest BCUT2D eigenvalue weighted by molar-refractivity contribution is 6.88. The van der Waals surface area contributed by atoms with Crippen LogP contribution in [0.2, 0.25) is 0 Å². The van der Waals surface area contributed by atoms with Gasteiger partial charge < -0.3 is 4.81 Å². The number of fused-ring (bicyclic) bond motifs is 4. The van der Waals surface area contributed by atoms with Crippen LogP contribution in [-0.2, 0) is 0 Å². The van der Waals surface area contributed by atoms with E-state index in [1.807, 2.05) is 0 Å². The third-order valence-corrected chi connectivity index (χ3v) is 7.10. The molecule has 0 atom stereocenters. The van der Waals surface area contributed by atoms with Crippen molar-refractivity contribution >= 4 is 35.2 Å². The van der Waals surface area contributed by atoms with E-state index in [0.717, 1.165) is 6.54 Å². The summed E-state index contributed by atoms with van der Waals surface area (Å²) in [6.45, 7) is 3.54. The highest BCUT2D eigenvalue weighted by atomic mass is 15.1. The number of unbranched alkanes of at least 4 members (excludes halogenated alkanes) is 1. The number of anilines is 1. The molecule has 0 aromatic heterocycles. The summed E-state index contributed by atoms with van der Waals surface area (Å²) in [4.78, 5) is 2.65. The van der Waals surface area contributed by atoms with Crippen LogP contribution in [-0.4, -0.2) is 13.4 Å². The summed E-state index contributed by atoms with van der Waals surface area (Å²) in [5.41, 5.74) is 12.0. The average Bonchev–Trinajstić information content (AvgIpc) is 2.91. The van der Waals surface area contributed by atoms with Gasteiger partial charge in [-0.25, -0.2) is 0 Å². The second kappa shape index (κ2) is 8.87. The predicted octanol–water partition coefficient (Wildman–Crippen LogP) is 7.10. The van der Waals surface area contributed by atoms with Crippen LogP contribution in [0.4, 0.5) is 5.69 Å². The maximum atomic E-state index is 2.65. The van der Waals surface area contributed by atoms with Gasteiger partial charge in [-0.05, 0) is 56.8 Å². The molecule has 0 amide bonds. The number of benzene rings is 4. The Morgan fingerprint density at radius 2 is 1.26 bits per heavy atom. The summed E-state index contributed by atoms with van der Waals surface area (Å²) in [7, 11) is 0. The number of hydrogen-bond acceptors (Lipinski definition) is 1. The van der Waals surface area contributed by atoms with E-state index in [1.165, 1.54) is 62.9 Å². The van der Waals surface area contributed by atoms with Gasteiger partial charge in [0, 0.05) is 12.2 Å². The van der Waals surface area contributed by atoms with Crippen molar-refractivity contribution in [3.05, 3.63) is 137 Å². The van der Waals surface area contributed by atoms with Gasteiger partial charge in [0.05, 0.1) is 0 Å². The molecule has 6 rings (SSSR count). The summed E-state index contributed by atoms with van der Waals surface area (Å²) < 4.78 is 0. The fraction of sp³-hybridized carbons (Fsp3) is 0.125. The molecule has 0 aliphatic carbocycles. The van der Waals surface area contributed by atoms with Gasteiger partial charge >= 0.3 is 6.85 Å². The fourth-order valence-corrected chi connectivity index (χ4v) is 5.61. The first-order valence-electron chi connectivity index (χ1n) is 12.4. The summed E-state index contributed by atoms with van der Waals surface area (Å²) in [5.74, 6) is 0. The van der Waals surface area contributed by atoms with Gasteiger partial charge in [-0.2, -0.15) is 0 Å². The van der Waals surface area contributed by atoms with E-state index in [9.17, 15) is 0 Å². The Morgan fingerprint density at radius 1 is 0.647 bits per heavy atom. The first-order valence-corrected chi connectivity index (χ1v) is 12.4. The third kappa shape index (κ3) is 3.42. The Kier molecular flexibility index (Phi) is 5.43. The Balaban J connectivity index is 1.71. The standard InChI is InChI=1S/C32H28BN/c1-2-3-22-34-30-21-13-10-18-26(30)23-29-32(25-16-8-5-9-17-25)31(24-14-6-4-7-15-24)27-19-11-12-20-28(27)33(29)34/h4-21,23H,2-3,22H2,1H3. The highest BCUT2D eigenvalue weighted by Gasteiger charge is 2.41. The molecule has 1 nitrogen and oxygen atoms in total. The quantitative estimate of drug-likeness (QED) is 0.301. The minimum Gasteiger partial charge on any atom is -0.406 e. The number of rotatable bonds is 5. The van der Waals surface area contributed by atoms with Gasteiger partial charge in [0.15, 0.2) is 0 Å². The predicted molar refractivity (Wildman–Crippen MR) is 147 cm³/mol. The molecule has 0 spiro atoms. The Morgan fingerprint density at radius 3 is 2.00 bits per heavy atom. The molecule has 0 fully saturated rings. The molecule has 34 heavy (non-hydrogen) atoms. The van der Waals surface area contributed by atoms with Crippen LogP contribution in [0.3, 0.4) is 0 Å². The van der Waals surface area contributed by atoms with Crippen molar-refractivity contribution in [1.82, 2.24) is 0 Å². The summed E-state index contributed by atoms with van der Waals surface area (Å²) >= 11 is 0. The average molecular weight is 437 g/mol. The van der Waals surface area contributed by atoms with Crippen molar-refractivity contribution in [2.45, 2.75) is 19.8 Å². The monoisotopic (exact) mass is 437 g/mol. The Labute approximate surface area is 203 Å². The van der Waals surface area contributed by atoms with E-state index >= 15 is 0 Å². The lowest BCUT2D eigenvalue weighted by molar-refractivity contribution is 0.800. The van der Waals surface area contributed by atoms with E-state index in [-0.39, 0.29) is 6.85 Å². The molecule has 164 valence electrons. The highest BCUT2D eigenvalue weighted by Crippen LogP contribution is 2.45. The normalized spacial score (nSPS) is 14.3. The van der Waals surface area contributed by atoms with Gasteiger partial charge in [-0.15, -0.1) is 0 Å². The molecular weight excluding hydrogens is 409 g/mol. The molecule has 2 heteroatoms. The third-order valence-electron chi connectivity index (χ3n) is 7.10. The minimum atomic E-state index is 0.209. The zero-order chi connectivity index (χ0) is 22.9. The first kappa shape index (κ1) is 20.8.